The molecule has 0 saturated heterocycles. The number of nitrogens with zero attached hydrogens (tertiary/aromatic N) is 3. The molecule has 0 saturated carbocycles. The Morgan fingerprint density at radius 2 is 0.889 bits per heavy atom. The lowest BCUT2D eigenvalue weighted by atomic mass is 9.93. The SMILES string of the molecule is c1ccc(-c2nc(-c3cccc(-c4cc(-c5ccc6ccccc6c5)cc5sc6ccccc6c45)c3)nc(-c3cccc4sc5ccccc5c34)n2)cc1. The normalized spacial score (nSPS) is 11.7. The highest BCUT2D eigenvalue weighted by molar-refractivity contribution is 7.26. The molecular weight excluding hydrogens is 695 g/mol. The molecule has 0 N–H and O–H groups in total. The van der Waals surface area contributed by atoms with Gasteiger partial charge in [0, 0.05) is 57.0 Å². The molecule has 0 aliphatic rings. The Morgan fingerprint density at radius 1 is 0.296 bits per heavy atom. The van der Waals surface area contributed by atoms with Gasteiger partial charge in [0.05, 0.1) is 0 Å². The maximum absolute atomic E-state index is 5.25. The molecule has 0 bridgehead atoms. The third-order valence-electron chi connectivity index (χ3n) is 10.3. The van der Waals surface area contributed by atoms with Gasteiger partial charge in [-0.25, -0.2) is 15.0 Å². The van der Waals surface area contributed by atoms with Crippen LogP contribution in [0.4, 0.5) is 0 Å². The molecule has 5 heteroatoms. The van der Waals surface area contributed by atoms with Crippen LogP contribution in [0.25, 0.3) is 108 Å². The molecular formula is C49H29N3S2. The fourth-order valence-corrected chi connectivity index (χ4v) is 10.0. The molecule has 0 aliphatic heterocycles. The van der Waals surface area contributed by atoms with Gasteiger partial charge < -0.3 is 0 Å². The highest BCUT2D eigenvalue weighted by atomic mass is 32.1. The topological polar surface area (TPSA) is 38.7 Å². The van der Waals surface area contributed by atoms with E-state index in [9.17, 15) is 0 Å². The first-order chi connectivity index (χ1) is 26.7. The second-order valence-electron chi connectivity index (χ2n) is 13.6. The van der Waals surface area contributed by atoms with Gasteiger partial charge in [-0.1, -0.05) is 133 Å². The predicted molar refractivity (Wildman–Crippen MR) is 230 cm³/mol. The first-order valence-corrected chi connectivity index (χ1v) is 19.6. The highest BCUT2D eigenvalue weighted by Crippen LogP contribution is 2.44. The van der Waals surface area contributed by atoms with Gasteiger partial charge in [-0.15, -0.1) is 22.7 Å². The van der Waals surface area contributed by atoms with E-state index in [0.717, 1.165) is 22.3 Å². The molecule has 11 aromatic rings. The standard InChI is InChI=1S/C49H29N3S2/c1-2-13-31(14-3-1)47-50-48(52-49(51-47)39-20-11-23-43-45(39)37-18-6-8-21-41(37)53-43)35-17-10-16-34(27-35)40-28-36(33-25-24-30-12-4-5-15-32(30)26-33)29-44-46(40)38-19-7-9-22-42(38)54-44/h1-29H. The van der Waals surface area contributed by atoms with Crippen molar-refractivity contribution in [2.75, 3.05) is 0 Å². The van der Waals surface area contributed by atoms with Gasteiger partial charge in [-0.3, -0.25) is 0 Å². The van der Waals surface area contributed by atoms with Crippen LogP contribution in [0.1, 0.15) is 0 Å². The third kappa shape index (κ3) is 5.20. The fraction of sp³-hybridized carbons (Fsp3) is 0. The van der Waals surface area contributed by atoms with Crippen LogP contribution in [0.15, 0.2) is 176 Å². The summed E-state index contributed by atoms with van der Waals surface area (Å²) in [7, 11) is 0. The number of thiophene rings is 2. The number of hydrogen-bond acceptors (Lipinski definition) is 5. The van der Waals surface area contributed by atoms with Gasteiger partial charge in [0.2, 0.25) is 0 Å². The number of aromatic nitrogens is 3. The number of benzene rings is 8. The van der Waals surface area contributed by atoms with E-state index < -0.39 is 0 Å². The van der Waals surface area contributed by atoms with Crippen LogP contribution >= 0.6 is 22.7 Å². The van der Waals surface area contributed by atoms with E-state index in [1.54, 1.807) is 11.3 Å². The number of rotatable bonds is 5. The quantitative estimate of drug-likeness (QED) is 0.177. The molecule has 3 nitrogen and oxygen atoms in total. The van der Waals surface area contributed by atoms with Crippen molar-refractivity contribution in [3.63, 3.8) is 0 Å². The maximum atomic E-state index is 5.25. The molecule has 252 valence electrons. The van der Waals surface area contributed by atoms with Crippen LogP contribution in [0.3, 0.4) is 0 Å². The summed E-state index contributed by atoms with van der Waals surface area (Å²) in [6.07, 6.45) is 0. The van der Waals surface area contributed by atoms with E-state index in [4.69, 9.17) is 15.0 Å². The molecule has 54 heavy (non-hydrogen) atoms. The Bertz CT molecular complexity index is 3230. The van der Waals surface area contributed by atoms with E-state index in [0.29, 0.717) is 17.5 Å². The first kappa shape index (κ1) is 31.0. The van der Waals surface area contributed by atoms with E-state index in [-0.39, 0.29) is 0 Å². The smallest absolute Gasteiger partial charge is 0.164 e. The van der Waals surface area contributed by atoms with Crippen LogP contribution in [0.2, 0.25) is 0 Å². The fourth-order valence-electron chi connectivity index (χ4n) is 7.75. The van der Waals surface area contributed by atoms with Crippen molar-refractivity contribution in [1.82, 2.24) is 15.0 Å². The van der Waals surface area contributed by atoms with Gasteiger partial charge in [0.1, 0.15) is 0 Å². The lowest BCUT2D eigenvalue weighted by Crippen LogP contribution is -2.00. The van der Waals surface area contributed by atoms with Gasteiger partial charge in [-0.05, 0) is 75.5 Å². The molecule has 8 aromatic carbocycles. The minimum absolute atomic E-state index is 0.648. The molecule has 0 unspecified atom stereocenters. The zero-order valence-corrected chi connectivity index (χ0v) is 30.5. The van der Waals surface area contributed by atoms with Crippen LogP contribution in [-0.4, -0.2) is 15.0 Å². The zero-order valence-electron chi connectivity index (χ0n) is 28.9. The Morgan fingerprint density at radius 3 is 1.70 bits per heavy atom. The van der Waals surface area contributed by atoms with Crippen molar-refractivity contribution in [2.45, 2.75) is 0 Å². The minimum atomic E-state index is 0.648. The Balaban J connectivity index is 1.12. The van der Waals surface area contributed by atoms with E-state index in [1.165, 1.54) is 67.8 Å². The lowest BCUT2D eigenvalue weighted by Gasteiger charge is -2.13. The third-order valence-corrected chi connectivity index (χ3v) is 12.6. The van der Waals surface area contributed by atoms with Gasteiger partial charge in [-0.2, -0.15) is 0 Å². The maximum Gasteiger partial charge on any atom is 0.164 e. The monoisotopic (exact) mass is 723 g/mol. The Kier molecular flexibility index (Phi) is 7.22. The van der Waals surface area contributed by atoms with E-state index in [1.807, 2.05) is 29.5 Å². The average Bonchev–Trinajstić information content (AvgIpc) is 3.82. The largest absolute Gasteiger partial charge is 0.208 e. The van der Waals surface area contributed by atoms with Crippen molar-refractivity contribution >= 4 is 73.8 Å². The average molecular weight is 724 g/mol. The van der Waals surface area contributed by atoms with Gasteiger partial charge in [0.15, 0.2) is 17.5 Å². The van der Waals surface area contributed by atoms with Crippen molar-refractivity contribution in [2.24, 2.45) is 0 Å². The summed E-state index contributed by atoms with van der Waals surface area (Å²) in [4.78, 5) is 15.5. The Labute approximate surface area is 319 Å². The van der Waals surface area contributed by atoms with Crippen LogP contribution in [0.5, 0.6) is 0 Å². The van der Waals surface area contributed by atoms with Crippen molar-refractivity contribution < 1.29 is 0 Å². The van der Waals surface area contributed by atoms with Gasteiger partial charge >= 0.3 is 0 Å². The zero-order chi connectivity index (χ0) is 35.6. The summed E-state index contributed by atoms with van der Waals surface area (Å²) in [6, 6.07) is 62.8. The van der Waals surface area contributed by atoms with Gasteiger partial charge in [0.25, 0.3) is 0 Å². The molecule has 0 spiro atoms. The molecule has 0 aliphatic carbocycles. The second kappa shape index (κ2) is 12.6. The van der Waals surface area contributed by atoms with E-state index >= 15 is 0 Å². The summed E-state index contributed by atoms with van der Waals surface area (Å²) in [5.41, 5.74) is 7.63. The van der Waals surface area contributed by atoms with Crippen molar-refractivity contribution in [3.05, 3.63) is 176 Å². The van der Waals surface area contributed by atoms with Crippen molar-refractivity contribution in [1.29, 1.82) is 0 Å². The summed E-state index contributed by atoms with van der Waals surface area (Å²) in [6.45, 7) is 0. The molecule has 11 rings (SSSR count). The second-order valence-corrected chi connectivity index (χ2v) is 15.8. The molecule has 3 aromatic heterocycles. The summed E-state index contributed by atoms with van der Waals surface area (Å²) < 4.78 is 5.03. The predicted octanol–water partition coefficient (Wildman–Crippen LogP) is 14.1. The van der Waals surface area contributed by atoms with Crippen LogP contribution in [0, 0.1) is 0 Å². The first-order valence-electron chi connectivity index (χ1n) is 18.0. The molecule has 0 fully saturated rings. The minimum Gasteiger partial charge on any atom is -0.208 e. The van der Waals surface area contributed by atoms with Crippen LogP contribution in [-0.2, 0) is 0 Å². The Hall–Kier alpha value is -6.53. The number of fused-ring (bicyclic) bond motifs is 7. The molecule has 3 heterocycles. The molecule has 0 atom stereocenters. The number of hydrogen-bond donors (Lipinski definition) is 0. The summed E-state index contributed by atoms with van der Waals surface area (Å²) in [5, 5.41) is 7.42. The summed E-state index contributed by atoms with van der Waals surface area (Å²) in [5.74, 6) is 1.97. The van der Waals surface area contributed by atoms with E-state index in [2.05, 4.69) is 158 Å². The molecule has 0 amide bonds. The van der Waals surface area contributed by atoms with Crippen LogP contribution < -0.4 is 0 Å². The lowest BCUT2D eigenvalue weighted by molar-refractivity contribution is 1.08. The van der Waals surface area contributed by atoms with Crippen molar-refractivity contribution in [3.8, 4) is 56.4 Å². The summed E-state index contributed by atoms with van der Waals surface area (Å²) >= 11 is 3.66. The molecule has 0 radical (unpaired) electrons. The highest BCUT2D eigenvalue weighted by Gasteiger charge is 2.19.